The molecule has 35 heavy (non-hydrogen) atoms. The lowest BCUT2D eigenvalue weighted by Gasteiger charge is -2.21. The van der Waals surface area contributed by atoms with E-state index in [1.165, 1.54) is 18.2 Å². The second kappa shape index (κ2) is 11.0. The van der Waals surface area contributed by atoms with E-state index in [9.17, 15) is 14.9 Å². The highest BCUT2D eigenvalue weighted by molar-refractivity contribution is 6.31. The summed E-state index contributed by atoms with van der Waals surface area (Å²) in [5, 5.41) is 11.8. The van der Waals surface area contributed by atoms with Gasteiger partial charge in [-0.25, -0.2) is 0 Å². The van der Waals surface area contributed by atoms with Crippen LogP contribution in [0, 0.1) is 10.1 Å². The van der Waals surface area contributed by atoms with Crippen molar-refractivity contribution >= 4 is 29.1 Å². The fraction of sp³-hybridized carbons (Fsp3) is 0.192. The second-order valence-electron chi connectivity index (χ2n) is 7.60. The van der Waals surface area contributed by atoms with Crippen molar-refractivity contribution in [1.82, 2.24) is 0 Å². The summed E-state index contributed by atoms with van der Waals surface area (Å²) < 4.78 is 22.5. The first-order valence-electron chi connectivity index (χ1n) is 10.8. The molecule has 1 aliphatic heterocycles. The Morgan fingerprint density at radius 3 is 2.77 bits per heavy atom. The van der Waals surface area contributed by atoms with Crippen molar-refractivity contribution in [2.45, 2.75) is 20.1 Å². The van der Waals surface area contributed by atoms with Crippen molar-refractivity contribution in [1.29, 1.82) is 0 Å². The first-order chi connectivity index (χ1) is 16.9. The minimum Gasteiger partial charge on any atom is -0.490 e. The molecule has 0 atom stereocenters. The number of halogens is 1. The minimum absolute atomic E-state index is 0.0343. The number of non-ortho nitro benzene ring substituents is 1. The van der Waals surface area contributed by atoms with Crippen LogP contribution in [0.15, 0.2) is 60.7 Å². The molecule has 0 radical (unpaired) electrons. The third-order valence-electron chi connectivity index (χ3n) is 5.17. The van der Waals surface area contributed by atoms with E-state index in [1.54, 1.807) is 48.5 Å². The highest BCUT2D eigenvalue weighted by Crippen LogP contribution is 2.35. The molecule has 0 unspecified atom stereocenters. The van der Waals surface area contributed by atoms with Crippen molar-refractivity contribution in [3.05, 3.63) is 98.1 Å². The molecule has 8 nitrogen and oxygen atoms in total. The molecular formula is C26H22ClNO7. The van der Waals surface area contributed by atoms with Gasteiger partial charge in [0.05, 0.1) is 18.1 Å². The largest absolute Gasteiger partial charge is 0.490 e. The van der Waals surface area contributed by atoms with E-state index in [4.69, 9.17) is 30.5 Å². The van der Waals surface area contributed by atoms with Crippen LogP contribution in [0.4, 0.5) is 5.69 Å². The molecule has 0 bridgehead atoms. The van der Waals surface area contributed by atoms with Crippen LogP contribution in [0.5, 0.6) is 17.2 Å². The van der Waals surface area contributed by atoms with Gasteiger partial charge in [-0.15, -0.1) is 0 Å². The van der Waals surface area contributed by atoms with Gasteiger partial charge in [-0.05, 0) is 42.8 Å². The number of allylic oxidation sites excluding steroid dienone is 1. The lowest BCUT2D eigenvalue weighted by atomic mass is 10.1. The Hall–Kier alpha value is -3.88. The monoisotopic (exact) mass is 495 g/mol. The highest BCUT2D eigenvalue weighted by atomic mass is 35.5. The second-order valence-corrected chi connectivity index (χ2v) is 8.03. The van der Waals surface area contributed by atoms with Crippen LogP contribution >= 0.6 is 11.6 Å². The lowest BCUT2D eigenvalue weighted by Crippen LogP contribution is -2.14. The van der Waals surface area contributed by atoms with E-state index in [-0.39, 0.29) is 31.5 Å². The molecule has 0 saturated carbocycles. The average Bonchev–Trinajstić information content (AvgIpc) is 2.86. The van der Waals surface area contributed by atoms with Gasteiger partial charge in [-0.2, -0.15) is 0 Å². The first-order valence-corrected chi connectivity index (χ1v) is 11.2. The van der Waals surface area contributed by atoms with E-state index in [2.05, 4.69) is 0 Å². The summed E-state index contributed by atoms with van der Waals surface area (Å²) in [4.78, 5) is 23.3. The number of nitro groups is 1. The Morgan fingerprint density at radius 2 is 2.00 bits per heavy atom. The molecule has 3 aromatic carbocycles. The zero-order chi connectivity index (χ0) is 24.8. The van der Waals surface area contributed by atoms with Crippen LogP contribution < -0.4 is 14.2 Å². The normalized spacial score (nSPS) is 12.6. The number of rotatable bonds is 9. The number of fused-ring (bicyclic) bond motifs is 1. The topological polar surface area (TPSA) is 97.1 Å². The van der Waals surface area contributed by atoms with Crippen molar-refractivity contribution in [3.8, 4) is 17.2 Å². The van der Waals surface area contributed by atoms with Crippen LogP contribution in [0.25, 0.3) is 6.08 Å². The Kier molecular flexibility index (Phi) is 7.64. The first kappa shape index (κ1) is 24.3. The summed E-state index contributed by atoms with van der Waals surface area (Å²) in [6.45, 7) is 2.57. The van der Waals surface area contributed by atoms with Crippen molar-refractivity contribution < 1.29 is 28.7 Å². The van der Waals surface area contributed by atoms with Gasteiger partial charge in [-0.1, -0.05) is 35.9 Å². The number of hydrogen-bond donors (Lipinski definition) is 0. The molecule has 0 fully saturated rings. The van der Waals surface area contributed by atoms with Crippen molar-refractivity contribution in [2.24, 2.45) is 0 Å². The molecular weight excluding hydrogens is 474 g/mol. The maximum absolute atomic E-state index is 12.4. The fourth-order valence-electron chi connectivity index (χ4n) is 3.57. The number of nitro benzene ring substituents is 1. The SMILES string of the molecule is CCOc1cc(/C=C/C(=O)c2cccc(Cl)c2)ccc1OCc1cc([N+](=O)[O-])cc2c1OCOC2. The zero-order valence-electron chi connectivity index (χ0n) is 18.9. The summed E-state index contributed by atoms with van der Waals surface area (Å²) in [6, 6.07) is 14.9. The lowest BCUT2D eigenvalue weighted by molar-refractivity contribution is -0.385. The van der Waals surface area contributed by atoms with Crippen LogP contribution in [0.2, 0.25) is 5.02 Å². The summed E-state index contributed by atoms with van der Waals surface area (Å²) in [5.74, 6) is 1.29. The van der Waals surface area contributed by atoms with Crippen molar-refractivity contribution in [3.63, 3.8) is 0 Å². The summed E-state index contributed by atoms with van der Waals surface area (Å²) in [5.41, 5.74) is 2.30. The molecule has 0 aliphatic carbocycles. The third kappa shape index (κ3) is 5.98. The predicted octanol–water partition coefficient (Wildman–Crippen LogP) is 5.99. The van der Waals surface area contributed by atoms with Crippen LogP contribution in [-0.4, -0.2) is 24.1 Å². The zero-order valence-corrected chi connectivity index (χ0v) is 19.6. The van der Waals surface area contributed by atoms with Gasteiger partial charge in [0.1, 0.15) is 12.4 Å². The van der Waals surface area contributed by atoms with Crippen LogP contribution in [-0.2, 0) is 18.0 Å². The molecule has 0 aromatic heterocycles. The van der Waals surface area contributed by atoms with Gasteiger partial charge >= 0.3 is 0 Å². The maximum atomic E-state index is 12.4. The Balaban J connectivity index is 1.53. The van der Waals surface area contributed by atoms with Gasteiger partial charge in [-0.3, -0.25) is 14.9 Å². The maximum Gasteiger partial charge on any atom is 0.270 e. The Bertz CT molecular complexity index is 1290. The molecule has 1 aliphatic rings. The van der Waals surface area contributed by atoms with Crippen molar-refractivity contribution in [2.75, 3.05) is 13.4 Å². The average molecular weight is 496 g/mol. The van der Waals surface area contributed by atoms with E-state index in [1.807, 2.05) is 6.92 Å². The molecule has 0 N–H and O–H groups in total. The number of ether oxygens (including phenoxy) is 4. The number of nitrogens with zero attached hydrogens (tertiary/aromatic N) is 1. The van der Waals surface area contributed by atoms with E-state index >= 15 is 0 Å². The van der Waals surface area contributed by atoms with E-state index in [0.29, 0.717) is 45.6 Å². The van der Waals surface area contributed by atoms with E-state index < -0.39 is 4.92 Å². The molecule has 1 heterocycles. The van der Waals surface area contributed by atoms with Gasteiger partial charge in [0, 0.05) is 33.8 Å². The Morgan fingerprint density at radius 1 is 1.14 bits per heavy atom. The van der Waals surface area contributed by atoms with Crippen LogP contribution in [0.1, 0.15) is 34.0 Å². The van der Waals surface area contributed by atoms with E-state index in [0.717, 1.165) is 5.56 Å². The molecule has 180 valence electrons. The molecule has 3 aromatic rings. The molecule has 0 spiro atoms. The summed E-state index contributed by atoms with van der Waals surface area (Å²) >= 11 is 5.96. The molecule has 4 rings (SSSR count). The summed E-state index contributed by atoms with van der Waals surface area (Å²) in [6.07, 6.45) is 3.15. The predicted molar refractivity (Wildman–Crippen MR) is 130 cm³/mol. The van der Waals surface area contributed by atoms with Gasteiger partial charge < -0.3 is 18.9 Å². The van der Waals surface area contributed by atoms with Crippen LogP contribution in [0.3, 0.4) is 0 Å². The Labute approximate surface area is 206 Å². The third-order valence-corrected chi connectivity index (χ3v) is 5.40. The molecule has 9 heteroatoms. The highest BCUT2D eigenvalue weighted by Gasteiger charge is 2.21. The number of carbonyl (C=O) groups is 1. The smallest absolute Gasteiger partial charge is 0.270 e. The van der Waals surface area contributed by atoms with Gasteiger partial charge in [0.15, 0.2) is 24.1 Å². The number of benzene rings is 3. The number of hydrogen-bond acceptors (Lipinski definition) is 7. The number of ketones is 1. The minimum atomic E-state index is -0.462. The molecule has 0 amide bonds. The quantitative estimate of drug-likeness (QED) is 0.156. The van der Waals surface area contributed by atoms with Gasteiger partial charge in [0.25, 0.3) is 5.69 Å². The van der Waals surface area contributed by atoms with Gasteiger partial charge in [0.2, 0.25) is 0 Å². The molecule has 0 saturated heterocycles. The fourth-order valence-corrected chi connectivity index (χ4v) is 3.77. The summed E-state index contributed by atoms with van der Waals surface area (Å²) in [7, 11) is 0. The standard InChI is InChI=1S/C26H22ClNO7/c1-2-33-25-10-17(6-8-23(29)18-4-3-5-21(27)11-18)7-9-24(25)34-15-20-13-22(28(30)31)12-19-14-32-16-35-26(19)20/h3-13H,2,14-16H2,1H3/b8-6+. The number of carbonyl (C=O) groups excluding carboxylic acids is 1.